The Hall–Kier alpha value is -3.53. The molecule has 0 saturated carbocycles. The number of carbonyl (C=O) groups is 1. The third-order valence-electron chi connectivity index (χ3n) is 4.89. The van der Waals surface area contributed by atoms with Gasteiger partial charge >= 0.3 is 0 Å². The normalized spacial score (nSPS) is 14.4. The molecule has 1 aliphatic heterocycles. The second kappa shape index (κ2) is 6.32. The van der Waals surface area contributed by atoms with Crippen LogP contribution >= 0.6 is 0 Å². The summed E-state index contributed by atoms with van der Waals surface area (Å²) in [7, 11) is 0. The smallest absolute Gasteiger partial charge is 0.194 e. The Kier molecular flexibility index (Phi) is 3.68. The van der Waals surface area contributed by atoms with Gasteiger partial charge in [0.2, 0.25) is 0 Å². The molecule has 0 amide bonds. The van der Waals surface area contributed by atoms with E-state index in [0.29, 0.717) is 24.2 Å². The molecule has 5 rings (SSSR count). The maximum absolute atomic E-state index is 12.9. The highest BCUT2D eigenvalue weighted by atomic mass is 16.5. The number of ether oxygens (including phenoxy) is 1. The van der Waals surface area contributed by atoms with Gasteiger partial charge in [-0.05, 0) is 17.7 Å². The molecule has 1 heterocycles. The summed E-state index contributed by atoms with van der Waals surface area (Å²) in [5.74, 6) is 0.845. The van der Waals surface area contributed by atoms with Gasteiger partial charge in [-0.1, -0.05) is 60.7 Å². The van der Waals surface area contributed by atoms with Crippen LogP contribution in [0.2, 0.25) is 0 Å². The number of fused-ring (bicyclic) bond motifs is 2. The molecule has 4 nitrogen and oxygen atoms in total. The van der Waals surface area contributed by atoms with Gasteiger partial charge in [-0.25, -0.2) is 0 Å². The van der Waals surface area contributed by atoms with Crippen molar-refractivity contribution in [3.63, 3.8) is 0 Å². The fraction of sp³-hybridized carbons (Fsp3) is 0.0870. The molecule has 0 unspecified atom stereocenters. The molecule has 27 heavy (non-hydrogen) atoms. The van der Waals surface area contributed by atoms with Gasteiger partial charge in [-0.2, -0.15) is 5.10 Å². The lowest BCUT2D eigenvalue weighted by Crippen LogP contribution is -2.23. The van der Waals surface area contributed by atoms with E-state index in [-0.39, 0.29) is 5.78 Å². The van der Waals surface area contributed by atoms with Crippen LogP contribution in [0, 0.1) is 0 Å². The SMILES string of the molecule is O=C1c2ccccc2C2=NN=C(COc3ccccc3)Cc3cccc1c32. The van der Waals surface area contributed by atoms with Crippen LogP contribution in [-0.2, 0) is 6.42 Å². The molecule has 0 radical (unpaired) electrons. The van der Waals surface area contributed by atoms with E-state index < -0.39 is 0 Å². The number of hydrogen-bond acceptors (Lipinski definition) is 4. The molecule has 0 fully saturated rings. The zero-order valence-corrected chi connectivity index (χ0v) is 14.6. The highest BCUT2D eigenvalue weighted by Crippen LogP contribution is 2.31. The van der Waals surface area contributed by atoms with Crippen LogP contribution in [0.15, 0.2) is 83.0 Å². The van der Waals surface area contributed by atoms with Crippen LogP contribution in [0.25, 0.3) is 0 Å². The van der Waals surface area contributed by atoms with E-state index in [9.17, 15) is 4.79 Å². The quantitative estimate of drug-likeness (QED) is 0.558. The number of ketones is 1. The summed E-state index contributed by atoms with van der Waals surface area (Å²) >= 11 is 0. The van der Waals surface area contributed by atoms with Gasteiger partial charge in [-0.3, -0.25) is 4.79 Å². The lowest BCUT2D eigenvalue weighted by Gasteiger charge is -2.21. The van der Waals surface area contributed by atoms with Crippen molar-refractivity contribution in [2.24, 2.45) is 10.2 Å². The Bertz CT molecular complexity index is 1110. The molecule has 0 atom stereocenters. The van der Waals surface area contributed by atoms with E-state index in [1.807, 2.05) is 72.8 Å². The van der Waals surface area contributed by atoms with Crippen molar-refractivity contribution in [2.75, 3.05) is 6.61 Å². The Morgan fingerprint density at radius 3 is 2.37 bits per heavy atom. The fourth-order valence-electron chi connectivity index (χ4n) is 3.63. The molecular formula is C23H16N2O2. The first-order valence-electron chi connectivity index (χ1n) is 8.89. The van der Waals surface area contributed by atoms with E-state index in [4.69, 9.17) is 4.74 Å². The Morgan fingerprint density at radius 2 is 1.52 bits per heavy atom. The number of benzene rings is 3. The highest BCUT2D eigenvalue weighted by Gasteiger charge is 2.31. The van der Waals surface area contributed by atoms with Crippen LogP contribution < -0.4 is 4.74 Å². The molecular weight excluding hydrogens is 336 g/mol. The first-order valence-corrected chi connectivity index (χ1v) is 8.89. The summed E-state index contributed by atoms with van der Waals surface area (Å²) in [5, 5.41) is 9.01. The number of rotatable bonds is 3. The monoisotopic (exact) mass is 352 g/mol. The van der Waals surface area contributed by atoms with Crippen LogP contribution in [0.1, 0.15) is 32.6 Å². The molecule has 2 aliphatic rings. The standard InChI is InChI=1S/C23H16N2O2/c26-23-19-11-5-4-10-18(19)22-21-15(7-6-12-20(21)23)13-16(24-25-22)14-27-17-8-2-1-3-9-17/h1-12H,13-14H2. The first kappa shape index (κ1) is 15.7. The number of hydrogen-bond donors (Lipinski definition) is 0. The van der Waals surface area contributed by atoms with Crippen molar-refractivity contribution in [2.45, 2.75) is 6.42 Å². The van der Waals surface area contributed by atoms with Crippen molar-refractivity contribution in [3.05, 3.63) is 101 Å². The number of carbonyl (C=O) groups excluding carboxylic acids is 1. The predicted molar refractivity (Wildman–Crippen MR) is 105 cm³/mol. The van der Waals surface area contributed by atoms with Crippen LogP contribution in [-0.4, -0.2) is 23.8 Å². The van der Waals surface area contributed by atoms with Crippen molar-refractivity contribution in [1.82, 2.24) is 0 Å². The molecule has 0 saturated heterocycles. The van der Waals surface area contributed by atoms with Gasteiger partial charge in [0.05, 0.1) is 5.71 Å². The predicted octanol–water partition coefficient (Wildman–Crippen LogP) is 4.06. The molecule has 4 heteroatoms. The minimum absolute atomic E-state index is 0.0467. The van der Waals surface area contributed by atoms with Gasteiger partial charge < -0.3 is 4.74 Å². The van der Waals surface area contributed by atoms with E-state index >= 15 is 0 Å². The molecule has 0 spiro atoms. The summed E-state index contributed by atoms with van der Waals surface area (Å²) in [6.45, 7) is 0.361. The van der Waals surface area contributed by atoms with Gasteiger partial charge in [-0.15, -0.1) is 5.10 Å². The maximum atomic E-state index is 12.9. The maximum Gasteiger partial charge on any atom is 0.194 e. The summed E-state index contributed by atoms with van der Waals surface area (Å²) in [5.41, 5.74) is 5.79. The fourth-order valence-corrected chi connectivity index (χ4v) is 3.63. The zero-order chi connectivity index (χ0) is 18.2. The Balaban J connectivity index is 1.57. The topological polar surface area (TPSA) is 51.0 Å². The average molecular weight is 352 g/mol. The van der Waals surface area contributed by atoms with Crippen molar-refractivity contribution in [1.29, 1.82) is 0 Å². The Morgan fingerprint density at radius 1 is 0.778 bits per heavy atom. The van der Waals surface area contributed by atoms with Gasteiger partial charge in [0, 0.05) is 28.7 Å². The van der Waals surface area contributed by atoms with E-state index in [1.54, 1.807) is 0 Å². The summed E-state index contributed by atoms with van der Waals surface area (Å²) in [4.78, 5) is 12.9. The third kappa shape index (κ3) is 2.66. The lowest BCUT2D eigenvalue weighted by molar-refractivity contribution is 0.103. The van der Waals surface area contributed by atoms with Crippen molar-refractivity contribution in [3.8, 4) is 5.75 Å². The van der Waals surface area contributed by atoms with Crippen molar-refractivity contribution < 1.29 is 9.53 Å². The van der Waals surface area contributed by atoms with Gasteiger partial charge in [0.15, 0.2) is 5.78 Å². The third-order valence-corrected chi connectivity index (χ3v) is 4.89. The van der Waals surface area contributed by atoms with E-state index in [0.717, 1.165) is 33.9 Å². The molecule has 0 bridgehead atoms. The molecule has 130 valence electrons. The minimum atomic E-state index is 0.0467. The van der Waals surface area contributed by atoms with Crippen LogP contribution in [0.3, 0.4) is 0 Å². The molecule has 0 N–H and O–H groups in total. The van der Waals surface area contributed by atoms with E-state index in [2.05, 4.69) is 10.2 Å². The second-order valence-electron chi connectivity index (χ2n) is 6.61. The molecule has 3 aromatic rings. The van der Waals surface area contributed by atoms with Gasteiger partial charge in [0.25, 0.3) is 0 Å². The van der Waals surface area contributed by atoms with Gasteiger partial charge in [0.1, 0.15) is 18.1 Å². The summed E-state index contributed by atoms with van der Waals surface area (Å²) in [6, 6.07) is 23.1. The van der Waals surface area contributed by atoms with Crippen molar-refractivity contribution >= 4 is 17.2 Å². The van der Waals surface area contributed by atoms with E-state index in [1.165, 1.54) is 0 Å². The van der Waals surface area contributed by atoms with Crippen LogP contribution in [0.4, 0.5) is 0 Å². The lowest BCUT2D eigenvalue weighted by atomic mass is 9.80. The molecule has 3 aromatic carbocycles. The minimum Gasteiger partial charge on any atom is -0.488 e. The average Bonchev–Trinajstić information content (AvgIpc) is 2.91. The second-order valence-corrected chi connectivity index (χ2v) is 6.61. The highest BCUT2D eigenvalue weighted by molar-refractivity contribution is 6.31. The molecule has 0 aromatic heterocycles. The van der Waals surface area contributed by atoms with Crippen LogP contribution in [0.5, 0.6) is 5.75 Å². The summed E-state index contributed by atoms with van der Waals surface area (Å²) < 4.78 is 5.85. The number of nitrogens with zero attached hydrogens (tertiary/aromatic N) is 2. The number of para-hydroxylation sites is 1. The molecule has 1 aliphatic carbocycles. The first-order chi connectivity index (χ1) is 13.3. The summed E-state index contributed by atoms with van der Waals surface area (Å²) in [6.07, 6.45) is 0.610. The zero-order valence-electron chi connectivity index (χ0n) is 14.6. The largest absolute Gasteiger partial charge is 0.488 e. The Labute approximate surface area is 156 Å².